The summed E-state index contributed by atoms with van der Waals surface area (Å²) in [4.78, 5) is 4.40. The van der Waals surface area contributed by atoms with Crippen LogP contribution in [-0.4, -0.2) is 23.7 Å². The minimum Gasteiger partial charge on any atom is -0.302 e. The number of rotatable bonds is 0. The summed E-state index contributed by atoms with van der Waals surface area (Å²) in [5.41, 5.74) is 1.08. The highest BCUT2D eigenvalue weighted by Gasteiger charge is 2.30. The van der Waals surface area contributed by atoms with Crippen molar-refractivity contribution in [1.82, 2.24) is 15.6 Å². The molecule has 1 fully saturated rings. The summed E-state index contributed by atoms with van der Waals surface area (Å²) < 4.78 is 0. The van der Waals surface area contributed by atoms with Gasteiger partial charge < -0.3 is 5.32 Å². The molecule has 1 aromatic carbocycles. The number of fused-ring (bicyclic) bond motifs is 2. The number of nitrogens with zero attached hydrogens (tertiary/aromatic N) is 1. The smallest absolute Gasteiger partial charge is 0.0708 e. The summed E-state index contributed by atoms with van der Waals surface area (Å²) >= 11 is 0. The Hall–Kier alpha value is -1.71. The summed E-state index contributed by atoms with van der Waals surface area (Å²) in [5, 5.41) is 10.6. The van der Waals surface area contributed by atoms with Gasteiger partial charge in [-0.3, -0.25) is 10.3 Å². The lowest BCUT2D eigenvalue weighted by molar-refractivity contribution is 0.681. The van der Waals surface area contributed by atoms with Crippen LogP contribution in [0.4, 0.5) is 0 Å². The highest BCUT2D eigenvalue weighted by molar-refractivity contribution is 5.80. The van der Waals surface area contributed by atoms with Crippen LogP contribution in [0.25, 0.3) is 23.1 Å². The fourth-order valence-corrected chi connectivity index (χ4v) is 2.76. The Balaban J connectivity index is 2.04. The molecule has 1 unspecified atom stereocenters. The third-order valence-electron chi connectivity index (χ3n) is 3.59. The summed E-state index contributed by atoms with van der Waals surface area (Å²) in [6.07, 6.45) is 6.46. The number of hydrogen-bond acceptors (Lipinski definition) is 3. The summed E-state index contributed by atoms with van der Waals surface area (Å²) in [6.45, 7) is 1.84. The summed E-state index contributed by atoms with van der Waals surface area (Å²) in [5.74, 6) is 0. The Bertz CT molecular complexity index is 655. The van der Waals surface area contributed by atoms with E-state index in [4.69, 9.17) is 0 Å². The van der Waals surface area contributed by atoms with Gasteiger partial charge in [-0.05, 0) is 28.6 Å². The molecule has 0 saturated carbocycles. The minimum absolute atomic E-state index is 0.0136. The lowest BCUT2D eigenvalue weighted by Crippen LogP contribution is -2.36. The van der Waals surface area contributed by atoms with Gasteiger partial charge >= 0.3 is 0 Å². The third-order valence-corrected chi connectivity index (χ3v) is 3.59. The van der Waals surface area contributed by atoms with Crippen molar-refractivity contribution in [3.05, 3.63) is 40.9 Å². The second-order valence-corrected chi connectivity index (χ2v) is 4.79. The van der Waals surface area contributed by atoms with Crippen LogP contribution < -0.4 is 21.1 Å². The molecule has 4 rings (SSSR count). The average Bonchev–Trinajstić information content (AvgIpc) is 2.92. The summed E-state index contributed by atoms with van der Waals surface area (Å²) in [7, 11) is 0. The highest BCUT2D eigenvalue weighted by Crippen LogP contribution is 2.15. The maximum absolute atomic E-state index is 4.40. The zero-order valence-corrected chi connectivity index (χ0v) is 9.40. The van der Waals surface area contributed by atoms with Gasteiger partial charge in [0.25, 0.3) is 0 Å². The lowest BCUT2D eigenvalue weighted by Gasteiger charge is -2.16. The van der Waals surface area contributed by atoms with Crippen molar-refractivity contribution in [3.63, 3.8) is 0 Å². The van der Waals surface area contributed by atoms with E-state index in [0.29, 0.717) is 0 Å². The maximum Gasteiger partial charge on any atom is 0.0708 e. The number of aromatic nitrogens is 1. The molecule has 1 spiro atoms. The zero-order chi connectivity index (χ0) is 11.3. The van der Waals surface area contributed by atoms with Crippen LogP contribution in [0.2, 0.25) is 0 Å². The first-order chi connectivity index (χ1) is 8.35. The molecule has 17 heavy (non-hydrogen) atoms. The molecule has 2 aromatic rings. The van der Waals surface area contributed by atoms with Crippen LogP contribution in [0.5, 0.6) is 0 Å². The van der Waals surface area contributed by atoms with Gasteiger partial charge in [0.05, 0.1) is 11.1 Å². The zero-order valence-electron chi connectivity index (χ0n) is 9.40. The molecule has 0 bridgehead atoms. The molecule has 1 aliphatic heterocycles. The van der Waals surface area contributed by atoms with Crippen molar-refractivity contribution >= 4 is 23.1 Å². The van der Waals surface area contributed by atoms with Crippen LogP contribution >= 0.6 is 0 Å². The number of hydrogen-bond donors (Lipinski definition) is 2. The molecular formula is C14H13N3. The van der Waals surface area contributed by atoms with Crippen LogP contribution in [0.3, 0.4) is 0 Å². The molecule has 84 valence electrons. The molecule has 2 aliphatic rings. The molecule has 0 radical (unpaired) electrons. The molecule has 3 nitrogen and oxygen atoms in total. The first kappa shape index (κ1) is 9.33. The first-order valence-electron chi connectivity index (χ1n) is 5.91. The molecule has 2 heterocycles. The van der Waals surface area contributed by atoms with Crippen LogP contribution in [-0.2, 0) is 0 Å². The SMILES string of the molecule is C1=c2cc3cccnc3cc2=CC12CNCN2. The van der Waals surface area contributed by atoms with Crippen molar-refractivity contribution in [2.45, 2.75) is 5.54 Å². The van der Waals surface area contributed by atoms with Gasteiger partial charge in [-0.2, -0.15) is 0 Å². The third kappa shape index (κ3) is 1.33. The maximum atomic E-state index is 4.40. The van der Waals surface area contributed by atoms with Gasteiger partial charge in [0.2, 0.25) is 0 Å². The number of nitrogens with one attached hydrogen (secondary N) is 2. The van der Waals surface area contributed by atoms with Crippen LogP contribution in [0.15, 0.2) is 30.5 Å². The Kier molecular flexibility index (Phi) is 1.73. The highest BCUT2D eigenvalue weighted by atomic mass is 15.2. The molecule has 1 aliphatic carbocycles. The van der Waals surface area contributed by atoms with Gasteiger partial charge in [0, 0.05) is 24.8 Å². The van der Waals surface area contributed by atoms with Crippen molar-refractivity contribution < 1.29 is 0 Å². The van der Waals surface area contributed by atoms with Gasteiger partial charge in [-0.1, -0.05) is 18.2 Å². The molecule has 1 saturated heterocycles. The Morgan fingerprint density at radius 2 is 2.06 bits per heavy atom. The largest absolute Gasteiger partial charge is 0.302 e. The lowest BCUT2D eigenvalue weighted by atomic mass is 10.0. The van der Waals surface area contributed by atoms with E-state index in [9.17, 15) is 0 Å². The van der Waals surface area contributed by atoms with E-state index in [1.807, 2.05) is 12.3 Å². The Morgan fingerprint density at radius 3 is 2.88 bits per heavy atom. The monoisotopic (exact) mass is 223 g/mol. The van der Waals surface area contributed by atoms with Crippen molar-refractivity contribution in [1.29, 1.82) is 0 Å². The van der Waals surface area contributed by atoms with Crippen molar-refractivity contribution in [3.8, 4) is 0 Å². The van der Waals surface area contributed by atoms with Gasteiger partial charge in [0.1, 0.15) is 0 Å². The van der Waals surface area contributed by atoms with Gasteiger partial charge in [-0.25, -0.2) is 0 Å². The predicted octanol–water partition coefficient (Wildman–Crippen LogP) is -0.302. The Morgan fingerprint density at radius 1 is 1.18 bits per heavy atom. The molecule has 1 atom stereocenters. The average molecular weight is 223 g/mol. The number of pyridine rings is 1. The molecule has 2 N–H and O–H groups in total. The van der Waals surface area contributed by atoms with E-state index >= 15 is 0 Å². The van der Waals surface area contributed by atoms with Crippen LogP contribution in [0.1, 0.15) is 0 Å². The van der Waals surface area contributed by atoms with Gasteiger partial charge in [-0.15, -0.1) is 0 Å². The molecule has 0 amide bonds. The predicted molar refractivity (Wildman–Crippen MR) is 68.7 cm³/mol. The van der Waals surface area contributed by atoms with Crippen molar-refractivity contribution in [2.24, 2.45) is 0 Å². The second-order valence-electron chi connectivity index (χ2n) is 4.79. The summed E-state index contributed by atoms with van der Waals surface area (Å²) in [6, 6.07) is 8.50. The van der Waals surface area contributed by atoms with E-state index in [0.717, 1.165) is 18.7 Å². The Labute approximate surface area is 98.9 Å². The van der Waals surface area contributed by atoms with Crippen molar-refractivity contribution in [2.75, 3.05) is 13.2 Å². The van der Waals surface area contributed by atoms with Gasteiger partial charge in [0.15, 0.2) is 0 Å². The quantitative estimate of drug-likeness (QED) is 0.644. The topological polar surface area (TPSA) is 37.0 Å². The van der Waals surface area contributed by atoms with E-state index < -0.39 is 0 Å². The van der Waals surface area contributed by atoms with E-state index in [1.165, 1.54) is 15.8 Å². The van der Waals surface area contributed by atoms with Crippen LogP contribution in [0, 0.1) is 0 Å². The second kappa shape index (κ2) is 3.15. The molecule has 3 heteroatoms. The minimum atomic E-state index is 0.0136. The molecule has 1 aromatic heterocycles. The standard InChI is InChI=1S/C14H13N3/c1-2-10-4-11-6-14(8-15-9-17-14)7-12(11)5-13(10)16-3-1/h1-7,15,17H,8-9H2. The van der Waals surface area contributed by atoms with E-state index in [2.05, 4.69) is 46.0 Å². The fourth-order valence-electron chi connectivity index (χ4n) is 2.76. The van der Waals surface area contributed by atoms with E-state index in [-0.39, 0.29) is 5.54 Å². The number of benzene rings is 1. The van der Waals surface area contributed by atoms with E-state index in [1.54, 1.807) is 0 Å². The normalized spacial score (nSPS) is 25.9. The fraction of sp³-hybridized carbons (Fsp3) is 0.214. The first-order valence-corrected chi connectivity index (χ1v) is 5.91. The molecular weight excluding hydrogens is 210 g/mol.